The van der Waals surface area contributed by atoms with Crippen molar-refractivity contribution in [2.75, 3.05) is 13.1 Å². The highest BCUT2D eigenvalue weighted by molar-refractivity contribution is 5.05. The molecule has 2 heterocycles. The summed E-state index contributed by atoms with van der Waals surface area (Å²) < 4.78 is 16.9. The molecule has 2 aliphatic rings. The molecule has 1 aromatic rings. The first-order valence-electron chi connectivity index (χ1n) is 7.69. The Morgan fingerprint density at radius 1 is 1.26 bits per heavy atom. The number of aromatic nitrogens is 2. The minimum absolute atomic E-state index is 0.481. The van der Waals surface area contributed by atoms with Gasteiger partial charge in [0.15, 0.2) is 0 Å². The molecule has 3 rings (SSSR count). The van der Waals surface area contributed by atoms with Gasteiger partial charge in [0, 0.05) is 12.6 Å². The zero-order chi connectivity index (χ0) is 13.1. The van der Waals surface area contributed by atoms with Crippen molar-refractivity contribution < 1.29 is 4.39 Å². The normalized spacial score (nSPS) is 29.5. The van der Waals surface area contributed by atoms with Crippen LogP contribution in [-0.2, 0) is 6.42 Å². The van der Waals surface area contributed by atoms with Crippen LogP contribution in [0.2, 0.25) is 0 Å². The smallest absolute Gasteiger partial charge is 0.117 e. The molecule has 3 nitrogen and oxygen atoms in total. The van der Waals surface area contributed by atoms with Gasteiger partial charge in [0.2, 0.25) is 0 Å². The van der Waals surface area contributed by atoms with E-state index in [2.05, 4.69) is 15.1 Å². The Hall–Kier alpha value is -0.900. The van der Waals surface area contributed by atoms with Crippen LogP contribution in [0.1, 0.15) is 56.7 Å². The largest absolute Gasteiger partial charge is 0.317 e. The summed E-state index contributed by atoms with van der Waals surface area (Å²) in [6.45, 7) is 1.74. The van der Waals surface area contributed by atoms with Crippen LogP contribution < -0.4 is 5.32 Å². The summed E-state index contributed by atoms with van der Waals surface area (Å²) in [5.41, 5.74) is -0.130. The molecule has 1 N–H and O–H groups in total. The maximum atomic E-state index is 14.8. The quantitative estimate of drug-likeness (QED) is 0.910. The fourth-order valence-corrected chi connectivity index (χ4v) is 3.44. The van der Waals surface area contributed by atoms with Crippen LogP contribution in [0.5, 0.6) is 0 Å². The maximum Gasteiger partial charge on any atom is 0.117 e. The third-order valence-electron chi connectivity index (χ3n) is 4.59. The summed E-state index contributed by atoms with van der Waals surface area (Å²) in [7, 11) is 0. The van der Waals surface area contributed by atoms with Gasteiger partial charge in [-0.1, -0.05) is 12.8 Å². The lowest BCUT2D eigenvalue weighted by Crippen LogP contribution is -2.27. The van der Waals surface area contributed by atoms with Gasteiger partial charge in [-0.15, -0.1) is 0 Å². The van der Waals surface area contributed by atoms with Crippen molar-refractivity contribution in [3.63, 3.8) is 0 Å². The molecule has 1 unspecified atom stereocenters. The van der Waals surface area contributed by atoms with Crippen LogP contribution in [-0.4, -0.2) is 28.5 Å². The van der Waals surface area contributed by atoms with E-state index < -0.39 is 5.67 Å². The van der Waals surface area contributed by atoms with Gasteiger partial charge in [0.05, 0.1) is 11.7 Å². The standard InChI is InChI=1S/C15H24FN3/c16-15(7-3-9-17-10-8-15)12-13-6-11-19(18-13)14-4-1-2-5-14/h6,11,14,17H,1-5,7-10,12H2. The number of hydrogen-bond acceptors (Lipinski definition) is 2. The van der Waals surface area contributed by atoms with Crippen LogP contribution >= 0.6 is 0 Å². The topological polar surface area (TPSA) is 29.9 Å². The Morgan fingerprint density at radius 3 is 2.95 bits per heavy atom. The fraction of sp³-hybridized carbons (Fsp3) is 0.800. The second-order valence-corrected chi connectivity index (χ2v) is 6.16. The van der Waals surface area contributed by atoms with Crippen LogP contribution in [0.3, 0.4) is 0 Å². The van der Waals surface area contributed by atoms with Crippen molar-refractivity contribution in [1.82, 2.24) is 15.1 Å². The van der Waals surface area contributed by atoms with Gasteiger partial charge in [0.25, 0.3) is 0 Å². The minimum Gasteiger partial charge on any atom is -0.317 e. The van der Waals surface area contributed by atoms with Crippen molar-refractivity contribution in [2.24, 2.45) is 0 Å². The van der Waals surface area contributed by atoms with E-state index in [4.69, 9.17) is 0 Å². The van der Waals surface area contributed by atoms with E-state index in [0.717, 1.165) is 25.2 Å². The van der Waals surface area contributed by atoms with Crippen LogP contribution in [0.15, 0.2) is 12.3 Å². The Labute approximate surface area is 114 Å². The SMILES string of the molecule is FC1(Cc2ccn(C3CCCC3)n2)CCCNCC1. The lowest BCUT2D eigenvalue weighted by Gasteiger charge is -2.22. The van der Waals surface area contributed by atoms with E-state index >= 15 is 0 Å². The van der Waals surface area contributed by atoms with Crippen LogP contribution in [0.25, 0.3) is 0 Å². The third kappa shape index (κ3) is 3.16. The summed E-state index contributed by atoms with van der Waals surface area (Å²) in [5, 5.41) is 7.89. The molecule has 0 radical (unpaired) electrons. The minimum atomic E-state index is -1.06. The van der Waals surface area contributed by atoms with Crippen molar-refractivity contribution in [3.8, 4) is 0 Å². The van der Waals surface area contributed by atoms with Crippen molar-refractivity contribution in [2.45, 2.75) is 63.1 Å². The van der Waals surface area contributed by atoms with Crippen LogP contribution in [0.4, 0.5) is 4.39 Å². The van der Waals surface area contributed by atoms with Gasteiger partial charge >= 0.3 is 0 Å². The second-order valence-electron chi connectivity index (χ2n) is 6.16. The molecule has 1 saturated heterocycles. The highest BCUT2D eigenvalue weighted by Gasteiger charge is 2.31. The highest BCUT2D eigenvalue weighted by Crippen LogP contribution is 2.31. The maximum absolute atomic E-state index is 14.8. The summed E-state index contributed by atoms with van der Waals surface area (Å²) >= 11 is 0. The zero-order valence-corrected chi connectivity index (χ0v) is 11.6. The van der Waals surface area contributed by atoms with Crippen molar-refractivity contribution >= 4 is 0 Å². The van der Waals surface area contributed by atoms with E-state index in [1.54, 1.807) is 0 Å². The van der Waals surface area contributed by atoms with E-state index in [1.165, 1.54) is 25.7 Å². The molecule has 1 atom stereocenters. The third-order valence-corrected chi connectivity index (χ3v) is 4.59. The molecule has 106 valence electrons. The Morgan fingerprint density at radius 2 is 2.11 bits per heavy atom. The molecule has 1 aromatic heterocycles. The van der Waals surface area contributed by atoms with Crippen molar-refractivity contribution in [1.29, 1.82) is 0 Å². The van der Waals surface area contributed by atoms with Crippen LogP contribution in [0, 0.1) is 0 Å². The number of alkyl halides is 1. The molecule has 1 saturated carbocycles. The average Bonchev–Trinajstić information content (AvgIpc) is 3.00. The van der Waals surface area contributed by atoms with Gasteiger partial charge in [-0.25, -0.2) is 4.39 Å². The lowest BCUT2D eigenvalue weighted by molar-refractivity contribution is 0.142. The molecule has 19 heavy (non-hydrogen) atoms. The van der Waals surface area contributed by atoms with Gasteiger partial charge in [0.1, 0.15) is 5.67 Å². The first-order chi connectivity index (χ1) is 9.25. The van der Waals surface area contributed by atoms with Gasteiger partial charge < -0.3 is 5.32 Å². The first-order valence-corrected chi connectivity index (χ1v) is 7.69. The molecule has 2 fully saturated rings. The summed E-state index contributed by atoms with van der Waals surface area (Å²) in [6.07, 6.45) is 9.80. The zero-order valence-electron chi connectivity index (χ0n) is 11.6. The Bertz CT molecular complexity index is 401. The predicted molar refractivity (Wildman–Crippen MR) is 74.0 cm³/mol. The Kier molecular flexibility index (Phi) is 3.87. The number of hydrogen-bond donors (Lipinski definition) is 1. The molecule has 0 spiro atoms. The summed E-state index contributed by atoms with van der Waals surface area (Å²) in [4.78, 5) is 0. The molecule has 0 amide bonds. The molecular formula is C15H24FN3. The number of halogens is 1. The highest BCUT2D eigenvalue weighted by atomic mass is 19.1. The molecule has 0 aromatic carbocycles. The lowest BCUT2D eigenvalue weighted by atomic mass is 9.92. The first kappa shape index (κ1) is 13.1. The van der Waals surface area contributed by atoms with Gasteiger partial charge in [-0.3, -0.25) is 4.68 Å². The van der Waals surface area contributed by atoms with Gasteiger partial charge in [-0.2, -0.15) is 5.10 Å². The van der Waals surface area contributed by atoms with E-state index in [1.807, 2.05) is 12.3 Å². The molecule has 1 aliphatic heterocycles. The predicted octanol–water partition coefficient (Wildman–Crippen LogP) is 3.02. The second kappa shape index (κ2) is 5.61. The summed E-state index contributed by atoms with van der Waals surface area (Å²) in [6, 6.07) is 2.57. The number of nitrogens with zero attached hydrogens (tertiary/aromatic N) is 2. The molecular weight excluding hydrogens is 241 g/mol. The van der Waals surface area contributed by atoms with E-state index in [9.17, 15) is 4.39 Å². The molecule has 4 heteroatoms. The van der Waals surface area contributed by atoms with Gasteiger partial charge in [-0.05, 0) is 51.3 Å². The summed E-state index contributed by atoms with van der Waals surface area (Å²) in [5.74, 6) is 0. The van der Waals surface area contributed by atoms with E-state index in [0.29, 0.717) is 25.3 Å². The number of rotatable bonds is 3. The van der Waals surface area contributed by atoms with Crippen molar-refractivity contribution in [3.05, 3.63) is 18.0 Å². The Balaban J connectivity index is 1.65. The number of nitrogens with one attached hydrogen (secondary N) is 1. The van der Waals surface area contributed by atoms with E-state index in [-0.39, 0.29) is 0 Å². The molecule has 1 aliphatic carbocycles. The monoisotopic (exact) mass is 265 g/mol. The molecule has 0 bridgehead atoms. The average molecular weight is 265 g/mol. The fourth-order valence-electron chi connectivity index (χ4n) is 3.44.